The lowest BCUT2D eigenvalue weighted by Gasteiger charge is -2.10. The van der Waals surface area contributed by atoms with Crippen LogP contribution < -0.4 is 5.32 Å². The fourth-order valence-electron chi connectivity index (χ4n) is 1.92. The van der Waals surface area contributed by atoms with Crippen molar-refractivity contribution in [1.82, 2.24) is 5.32 Å². The Morgan fingerprint density at radius 3 is 2.93 bits per heavy atom. The number of hydrogen-bond donors (Lipinski definition) is 1. The molecule has 1 aromatic carbocycles. The van der Waals surface area contributed by atoms with Crippen molar-refractivity contribution in [2.24, 2.45) is 0 Å². The van der Waals surface area contributed by atoms with Gasteiger partial charge in [-0.2, -0.15) is 0 Å². The van der Waals surface area contributed by atoms with Crippen molar-refractivity contribution in [3.05, 3.63) is 39.7 Å². The zero-order valence-electron chi connectivity index (χ0n) is 8.07. The molecular weight excluding hydrogens is 199 g/mol. The zero-order chi connectivity index (χ0) is 10.8. The van der Waals surface area contributed by atoms with Gasteiger partial charge < -0.3 is 5.32 Å². The van der Waals surface area contributed by atoms with Crippen molar-refractivity contribution in [1.29, 1.82) is 0 Å². The number of nitrogens with zero attached hydrogens (tertiary/aromatic N) is 1. The van der Waals surface area contributed by atoms with Crippen LogP contribution >= 0.6 is 0 Å². The highest BCUT2D eigenvalue weighted by atomic mass is 19.1. The summed E-state index contributed by atoms with van der Waals surface area (Å²) in [6.07, 6.45) is 1.87. The molecule has 0 bridgehead atoms. The van der Waals surface area contributed by atoms with Gasteiger partial charge in [0.15, 0.2) is 0 Å². The van der Waals surface area contributed by atoms with Crippen LogP contribution in [0.5, 0.6) is 0 Å². The van der Waals surface area contributed by atoms with E-state index < -0.39 is 10.7 Å². The molecule has 15 heavy (non-hydrogen) atoms. The predicted molar refractivity (Wildman–Crippen MR) is 53.0 cm³/mol. The largest absolute Gasteiger partial charge is 0.310 e. The van der Waals surface area contributed by atoms with Crippen LogP contribution in [0.3, 0.4) is 0 Å². The maximum absolute atomic E-state index is 12.9. The minimum absolute atomic E-state index is 0.00833. The second-order valence-electron chi connectivity index (χ2n) is 3.61. The summed E-state index contributed by atoms with van der Waals surface area (Å²) in [6.45, 7) is 0.860. The standard InChI is InChI=1S/C10H11FN2O2/c11-7-3-4-8(9-2-1-5-12-9)10(6-7)13(14)15/h3-4,6,9,12H,1-2,5H2/t9-/m1/s1. The molecular formula is C10H11FN2O2. The van der Waals surface area contributed by atoms with Crippen LogP contribution in [0.25, 0.3) is 0 Å². The summed E-state index contributed by atoms with van der Waals surface area (Å²) < 4.78 is 12.9. The van der Waals surface area contributed by atoms with Crippen molar-refractivity contribution < 1.29 is 9.31 Å². The molecule has 1 saturated heterocycles. The molecule has 1 heterocycles. The number of rotatable bonds is 2. The molecule has 0 radical (unpaired) electrons. The Hall–Kier alpha value is -1.49. The van der Waals surface area contributed by atoms with E-state index in [2.05, 4.69) is 5.32 Å². The molecule has 0 unspecified atom stereocenters. The minimum atomic E-state index is -0.566. The molecule has 1 atom stereocenters. The van der Waals surface area contributed by atoms with Gasteiger partial charge in [0.1, 0.15) is 5.82 Å². The summed E-state index contributed by atoms with van der Waals surface area (Å²) in [5, 5.41) is 13.9. The first-order chi connectivity index (χ1) is 7.18. The molecule has 5 heteroatoms. The maximum atomic E-state index is 12.9. The second kappa shape index (κ2) is 3.94. The van der Waals surface area contributed by atoms with Crippen molar-refractivity contribution >= 4 is 5.69 Å². The van der Waals surface area contributed by atoms with Gasteiger partial charge in [-0.1, -0.05) is 0 Å². The van der Waals surface area contributed by atoms with E-state index >= 15 is 0 Å². The van der Waals surface area contributed by atoms with E-state index in [0.29, 0.717) is 5.56 Å². The van der Waals surface area contributed by atoms with Crippen LogP contribution in [0.15, 0.2) is 18.2 Å². The average molecular weight is 210 g/mol. The lowest BCUT2D eigenvalue weighted by Crippen LogP contribution is -2.14. The minimum Gasteiger partial charge on any atom is -0.310 e. The van der Waals surface area contributed by atoms with Crippen LogP contribution in [0.1, 0.15) is 24.4 Å². The highest BCUT2D eigenvalue weighted by Crippen LogP contribution is 2.30. The molecule has 2 rings (SSSR count). The van der Waals surface area contributed by atoms with E-state index in [1.165, 1.54) is 12.1 Å². The highest BCUT2D eigenvalue weighted by Gasteiger charge is 2.24. The third-order valence-electron chi connectivity index (χ3n) is 2.62. The SMILES string of the molecule is O=[N+]([O-])c1cc(F)ccc1[C@H]1CCCN1. The smallest absolute Gasteiger partial charge is 0.277 e. The lowest BCUT2D eigenvalue weighted by atomic mass is 10.0. The Labute approximate surface area is 86.3 Å². The van der Waals surface area contributed by atoms with E-state index in [1.807, 2.05) is 0 Å². The Morgan fingerprint density at radius 2 is 2.33 bits per heavy atom. The topological polar surface area (TPSA) is 55.2 Å². The second-order valence-corrected chi connectivity index (χ2v) is 3.61. The molecule has 1 fully saturated rings. The van der Waals surface area contributed by atoms with E-state index in [-0.39, 0.29) is 11.7 Å². The van der Waals surface area contributed by atoms with Gasteiger partial charge in [0.05, 0.1) is 11.0 Å². The average Bonchev–Trinajstić information content (AvgIpc) is 2.70. The van der Waals surface area contributed by atoms with Gasteiger partial charge in [-0.05, 0) is 31.5 Å². The molecule has 80 valence electrons. The van der Waals surface area contributed by atoms with E-state index in [9.17, 15) is 14.5 Å². The first-order valence-electron chi connectivity index (χ1n) is 4.85. The Morgan fingerprint density at radius 1 is 1.53 bits per heavy atom. The van der Waals surface area contributed by atoms with Crippen LogP contribution in [0, 0.1) is 15.9 Å². The number of nitrogens with one attached hydrogen (secondary N) is 1. The van der Waals surface area contributed by atoms with E-state index in [1.54, 1.807) is 0 Å². The number of halogens is 1. The van der Waals surface area contributed by atoms with Crippen molar-refractivity contribution in [2.45, 2.75) is 18.9 Å². The fourth-order valence-corrected chi connectivity index (χ4v) is 1.92. The van der Waals surface area contributed by atoms with Crippen molar-refractivity contribution in [3.63, 3.8) is 0 Å². The molecule has 0 spiro atoms. The summed E-state index contributed by atoms with van der Waals surface area (Å²) in [5.74, 6) is -0.566. The molecule has 0 amide bonds. The molecule has 1 aliphatic heterocycles. The van der Waals surface area contributed by atoms with E-state index in [4.69, 9.17) is 0 Å². The van der Waals surface area contributed by atoms with Gasteiger partial charge >= 0.3 is 0 Å². The normalized spacial score (nSPS) is 20.5. The molecule has 0 saturated carbocycles. The molecule has 1 aliphatic rings. The summed E-state index contributed by atoms with van der Waals surface area (Å²) in [5.41, 5.74) is 0.452. The first kappa shape index (κ1) is 10.0. The maximum Gasteiger partial charge on any atom is 0.277 e. The van der Waals surface area contributed by atoms with Crippen LogP contribution in [0.4, 0.5) is 10.1 Å². The number of nitro benzene ring substituents is 1. The first-order valence-corrected chi connectivity index (χ1v) is 4.85. The number of nitro groups is 1. The number of benzene rings is 1. The van der Waals surface area contributed by atoms with Gasteiger partial charge in [-0.15, -0.1) is 0 Å². The molecule has 0 aromatic heterocycles. The van der Waals surface area contributed by atoms with Crippen molar-refractivity contribution in [3.8, 4) is 0 Å². The van der Waals surface area contributed by atoms with Gasteiger partial charge in [0, 0.05) is 11.6 Å². The van der Waals surface area contributed by atoms with Crippen molar-refractivity contribution in [2.75, 3.05) is 6.54 Å². The predicted octanol–water partition coefficient (Wildman–Crippen LogP) is 2.16. The summed E-state index contributed by atoms with van der Waals surface area (Å²) in [6, 6.07) is 3.74. The third kappa shape index (κ3) is 1.97. The molecule has 4 nitrogen and oxygen atoms in total. The summed E-state index contributed by atoms with van der Waals surface area (Å²) >= 11 is 0. The number of hydrogen-bond acceptors (Lipinski definition) is 3. The van der Waals surface area contributed by atoms with E-state index in [0.717, 1.165) is 25.5 Å². The zero-order valence-corrected chi connectivity index (χ0v) is 8.07. The quantitative estimate of drug-likeness (QED) is 0.601. The molecule has 0 aliphatic carbocycles. The van der Waals surface area contributed by atoms with Crippen LogP contribution in [0.2, 0.25) is 0 Å². The van der Waals surface area contributed by atoms with Gasteiger partial charge in [0.25, 0.3) is 5.69 Å². The van der Waals surface area contributed by atoms with Gasteiger partial charge in [0.2, 0.25) is 0 Å². The summed E-state index contributed by atoms with van der Waals surface area (Å²) in [7, 11) is 0. The van der Waals surface area contributed by atoms with Gasteiger partial charge in [-0.25, -0.2) is 4.39 Å². The Kier molecular flexibility index (Phi) is 2.64. The fraction of sp³-hybridized carbons (Fsp3) is 0.400. The van der Waals surface area contributed by atoms with Crippen LogP contribution in [-0.2, 0) is 0 Å². The Balaban J connectivity index is 2.40. The Bertz CT molecular complexity index is 389. The molecule has 1 aromatic rings. The monoisotopic (exact) mass is 210 g/mol. The van der Waals surface area contributed by atoms with Gasteiger partial charge in [-0.3, -0.25) is 10.1 Å². The third-order valence-corrected chi connectivity index (χ3v) is 2.62. The summed E-state index contributed by atoms with van der Waals surface area (Å²) in [4.78, 5) is 10.2. The van der Waals surface area contributed by atoms with Crippen LogP contribution in [-0.4, -0.2) is 11.5 Å². The lowest BCUT2D eigenvalue weighted by molar-refractivity contribution is -0.386. The molecule has 1 N–H and O–H groups in total. The highest BCUT2D eigenvalue weighted by molar-refractivity contribution is 5.42.